The van der Waals surface area contributed by atoms with Gasteiger partial charge in [0.1, 0.15) is 0 Å². The van der Waals surface area contributed by atoms with Gasteiger partial charge in [-0.15, -0.1) is 0 Å². The van der Waals surface area contributed by atoms with Crippen molar-refractivity contribution in [2.24, 2.45) is 5.92 Å². The summed E-state index contributed by atoms with van der Waals surface area (Å²) >= 11 is 0. The first kappa shape index (κ1) is 13.3. The lowest BCUT2D eigenvalue weighted by atomic mass is 10.0. The van der Waals surface area contributed by atoms with Crippen LogP contribution in [0.1, 0.15) is 39.5 Å². The van der Waals surface area contributed by atoms with Gasteiger partial charge in [-0.3, -0.25) is 9.59 Å². The van der Waals surface area contributed by atoms with Crippen LogP contribution in [0.15, 0.2) is 0 Å². The SMILES string of the molecule is CC1(C)NCC(C(=O)O)CN(C2CCCC2)C1=O. The summed E-state index contributed by atoms with van der Waals surface area (Å²) < 4.78 is 0. The first-order chi connectivity index (χ1) is 8.42. The third-order valence-electron chi connectivity index (χ3n) is 4.12. The molecule has 0 bridgehead atoms. The number of carboxylic acids is 1. The van der Waals surface area contributed by atoms with E-state index in [1.165, 1.54) is 0 Å². The fourth-order valence-electron chi connectivity index (χ4n) is 2.89. The Morgan fingerprint density at radius 3 is 2.56 bits per heavy atom. The van der Waals surface area contributed by atoms with Gasteiger partial charge >= 0.3 is 5.97 Å². The maximum absolute atomic E-state index is 12.5. The number of aliphatic carboxylic acids is 1. The Morgan fingerprint density at radius 2 is 2.00 bits per heavy atom. The molecule has 1 atom stereocenters. The minimum Gasteiger partial charge on any atom is -0.481 e. The number of nitrogens with one attached hydrogen (secondary N) is 1. The number of amides is 1. The van der Waals surface area contributed by atoms with Crippen molar-refractivity contribution in [2.45, 2.75) is 51.1 Å². The lowest BCUT2D eigenvalue weighted by molar-refractivity contribution is -0.143. The van der Waals surface area contributed by atoms with E-state index >= 15 is 0 Å². The fraction of sp³-hybridized carbons (Fsp3) is 0.846. The molecule has 102 valence electrons. The van der Waals surface area contributed by atoms with Gasteiger partial charge < -0.3 is 15.3 Å². The van der Waals surface area contributed by atoms with Crippen molar-refractivity contribution in [1.82, 2.24) is 10.2 Å². The molecule has 2 aliphatic rings. The van der Waals surface area contributed by atoms with Crippen molar-refractivity contribution in [3.05, 3.63) is 0 Å². The minimum absolute atomic E-state index is 0.0400. The number of rotatable bonds is 2. The summed E-state index contributed by atoms with van der Waals surface area (Å²) in [5.74, 6) is -1.29. The molecule has 1 saturated carbocycles. The normalized spacial score (nSPS) is 29.3. The molecular formula is C13H22N2O3. The molecule has 0 spiro atoms. The molecule has 1 aliphatic carbocycles. The summed E-state index contributed by atoms with van der Waals surface area (Å²) in [6.45, 7) is 4.37. The van der Waals surface area contributed by atoms with E-state index in [2.05, 4.69) is 5.32 Å². The second kappa shape index (κ2) is 4.88. The molecule has 0 aromatic heterocycles. The van der Waals surface area contributed by atoms with Gasteiger partial charge in [0.25, 0.3) is 0 Å². The third kappa shape index (κ3) is 2.51. The van der Waals surface area contributed by atoms with E-state index in [0.29, 0.717) is 13.1 Å². The van der Waals surface area contributed by atoms with Crippen LogP contribution in [-0.4, -0.2) is 46.6 Å². The highest BCUT2D eigenvalue weighted by Gasteiger charge is 2.41. The van der Waals surface area contributed by atoms with Crippen LogP contribution in [0.4, 0.5) is 0 Å². The molecular weight excluding hydrogens is 232 g/mol. The van der Waals surface area contributed by atoms with E-state index in [-0.39, 0.29) is 11.9 Å². The second-order valence-electron chi connectivity index (χ2n) is 5.94. The molecule has 2 rings (SSSR count). The van der Waals surface area contributed by atoms with Gasteiger partial charge in [-0.2, -0.15) is 0 Å². The van der Waals surface area contributed by atoms with Gasteiger partial charge in [0, 0.05) is 19.1 Å². The zero-order chi connectivity index (χ0) is 13.3. The van der Waals surface area contributed by atoms with E-state index in [4.69, 9.17) is 0 Å². The zero-order valence-corrected chi connectivity index (χ0v) is 11.1. The Bertz CT molecular complexity index is 348. The predicted molar refractivity (Wildman–Crippen MR) is 67.2 cm³/mol. The summed E-state index contributed by atoms with van der Waals surface area (Å²) in [7, 11) is 0. The van der Waals surface area contributed by atoms with Crippen LogP contribution in [0.5, 0.6) is 0 Å². The van der Waals surface area contributed by atoms with E-state index < -0.39 is 17.4 Å². The van der Waals surface area contributed by atoms with E-state index in [0.717, 1.165) is 25.7 Å². The Balaban J connectivity index is 2.21. The van der Waals surface area contributed by atoms with Crippen LogP contribution < -0.4 is 5.32 Å². The van der Waals surface area contributed by atoms with Gasteiger partial charge in [0.15, 0.2) is 0 Å². The molecule has 1 unspecified atom stereocenters. The van der Waals surface area contributed by atoms with Crippen LogP contribution in [0.3, 0.4) is 0 Å². The predicted octanol–water partition coefficient (Wildman–Crippen LogP) is 0.840. The standard InChI is InChI=1S/C13H22N2O3/c1-13(2)12(18)15(10-5-3-4-6-10)8-9(7-14-13)11(16)17/h9-10,14H,3-8H2,1-2H3,(H,16,17). The van der Waals surface area contributed by atoms with Crippen molar-refractivity contribution < 1.29 is 14.7 Å². The monoisotopic (exact) mass is 254 g/mol. The van der Waals surface area contributed by atoms with Crippen molar-refractivity contribution in [1.29, 1.82) is 0 Å². The second-order valence-corrected chi connectivity index (χ2v) is 5.94. The summed E-state index contributed by atoms with van der Waals surface area (Å²) in [5.41, 5.74) is -0.660. The number of carbonyl (C=O) groups is 2. The summed E-state index contributed by atoms with van der Waals surface area (Å²) in [6.07, 6.45) is 4.29. The van der Waals surface area contributed by atoms with Gasteiger partial charge in [-0.05, 0) is 26.7 Å². The molecule has 2 N–H and O–H groups in total. The van der Waals surface area contributed by atoms with Gasteiger partial charge in [-0.25, -0.2) is 0 Å². The van der Waals surface area contributed by atoms with Crippen LogP contribution in [0, 0.1) is 5.92 Å². The van der Waals surface area contributed by atoms with Crippen molar-refractivity contribution >= 4 is 11.9 Å². The smallest absolute Gasteiger partial charge is 0.309 e. The maximum Gasteiger partial charge on any atom is 0.309 e. The Kier molecular flexibility index (Phi) is 3.61. The quantitative estimate of drug-likeness (QED) is 0.766. The molecule has 1 heterocycles. The molecule has 0 radical (unpaired) electrons. The first-order valence-electron chi connectivity index (χ1n) is 6.71. The van der Waals surface area contributed by atoms with E-state index in [9.17, 15) is 14.7 Å². The molecule has 0 aromatic carbocycles. The molecule has 2 fully saturated rings. The lowest BCUT2D eigenvalue weighted by Crippen LogP contribution is -2.53. The average Bonchev–Trinajstić information content (AvgIpc) is 2.77. The highest BCUT2D eigenvalue weighted by atomic mass is 16.4. The molecule has 5 nitrogen and oxygen atoms in total. The summed E-state index contributed by atoms with van der Waals surface area (Å²) in [4.78, 5) is 25.5. The highest BCUT2D eigenvalue weighted by Crippen LogP contribution is 2.27. The van der Waals surface area contributed by atoms with Crippen LogP contribution in [-0.2, 0) is 9.59 Å². The van der Waals surface area contributed by atoms with Crippen LogP contribution in [0.2, 0.25) is 0 Å². The number of nitrogens with zero attached hydrogens (tertiary/aromatic N) is 1. The van der Waals surface area contributed by atoms with Crippen LogP contribution in [0.25, 0.3) is 0 Å². The molecule has 1 saturated heterocycles. The van der Waals surface area contributed by atoms with Crippen molar-refractivity contribution in [3.63, 3.8) is 0 Å². The van der Waals surface area contributed by atoms with Gasteiger partial charge in [0.2, 0.25) is 5.91 Å². The number of carboxylic acid groups (broad SMARTS) is 1. The molecule has 1 amide bonds. The molecule has 5 heteroatoms. The Morgan fingerprint density at radius 1 is 1.39 bits per heavy atom. The summed E-state index contributed by atoms with van der Waals surface area (Å²) in [6, 6.07) is 0.235. The first-order valence-corrected chi connectivity index (χ1v) is 6.71. The van der Waals surface area contributed by atoms with Crippen molar-refractivity contribution in [3.8, 4) is 0 Å². The largest absolute Gasteiger partial charge is 0.481 e. The minimum atomic E-state index is -0.823. The molecule has 18 heavy (non-hydrogen) atoms. The topological polar surface area (TPSA) is 69.6 Å². The van der Waals surface area contributed by atoms with Gasteiger partial charge in [0.05, 0.1) is 11.5 Å². The van der Waals surface area contributed by atoms with Crippen LogP contribution >= 0.6 is 0 Å². The fourth-order valence-corrected chi connectivity index (χ4v) is 2.89. The average molecular weight is 254 g/mol. The van der Waals surface area contributed by atoms with E-state index in [1.54, 1.807) is 0 Å². The number of carbonyl (C=O) groups excluding carboxylic acids is 1. The van der Waals surface area contributed by atoms with E-state index in [1.807, 2.05) is 18.7 Å². The summed E-state index contributed by atoms with van der Waals surface area (Å²) in [5, 5.41) is 12.3. The van der Waals surface area contributed by atoms with Gasteiger partial charge in [-0.1, -0.05) is 12.8 Å². The third-order valence-corrected chi connectivity index (χ3v) is 4.12. The Labute approximate surface area is 108 Å². The lowest BCUT2D eigenvalue weighted by Gasteiger charge is -2.33. The Hall–Kier alpha value is -1.10. The molecule has 1 aliphatic heterocycles. The zero-order valence-electron chi connectivity index (χ0n) is 11.1. The maximum atomic E-state index is 12.5. The number of hydrogen-bond acceptors (Lipinski definition) is 3. The molecule has 0 aromatic rings. The highest BCUT2D eigenvalue weighted by molar-refractivity contribution is 5.87. The van der Waals surface area contributed by atoms with Crippen molar-refractivity contribution in [2.75, 3.05) is 13.1 Å². The number of hydrogen-bond donors (Lipinski definition) is 2.